The predicted molar refractivity (Wildman–Crippen MR) is 79.1 cm³/mol. The van der Waals surface area contributed by atoms with Crippen molar-refractivity contribution in [2.45, 2.75) is 11.8 Å². The molecule has 21 heavy (non-hydrogen) atoms. The molecule has 5 nitrogen and oxygen atoms in total. The Morgan fingerprint density at radius 2 is 1.86 bits per heavy atom. The summed E-state index contributed by atoms with van der Waals surface area (Å²) < 4.78 is 4.34. The Balaban J connectivity index is 0.000000211. The summed E-state index contributed by atoms with van der Waals surface area (Å²) in [7, 11) is 0. The van der Waals surface area contributed by atoms with Crippen molar-refractivity contribution in [2.24, 2.45) is 0 Å². The van der Waals surface area contributed by atoms with Crippen LogP contribution in [0.5, 0.6) is 5.88 Å². The van der Waals surface area contributed by atoms with Crippen LogP contribution in [0.15, 0.2) is 36.4 Å². The van der Waals surface area contributed by atoms with Gasteiger partial charge >= 0.3 is 0 Å². The third-order valence-electron chi connectivity index (χ3n) is 2.25. The molecule has 1 aromatic carbocycles. The summed E-state index contributed by atoms with van der Waals surface area (Å²) in [6.07, 6.45) is 0. The fraction of sp³-hybridized carbons (Fsp3) is 0.143. The zero-order valence-electron chi connectivity index (χ0n) is 11.0. The van der Waals surface area contributed by atoms with E-state index >= 15 is 0 Å². The maximum Gasteiger partial charge on any atom is 0.299 e. The van der Waals surface area contributed by atoms with Crippen LogP contribution in [0, 0.1) is 18.3 Å². The summed E-state index contributed by atoms with van der Waals surface area (Å²) in [5.41, 5.74) is 2.36. The number of carbonyl (C=O) groups excluding carboxylic acids is 1. The Labute approximate surface area is 132 Å². The number of benzene rings is 1. The van der Waals surface area contributed by atoms with Crippen LogP contribution in [-0.4, -0.2) is 16.7 Å². The fourth-order valence-corrected chi connectivity index (χ4v) is 1.49. The Kier molecular flexibility index (Phi) is 7.16. The number of rotatable bonds is 3. The molecule has 0 aliphatic carbocycles. The highest BCUT2D eigenvalue weighted by Crippen LogP contribution is 2.24. The Morgan fingerprint density at radius 3 is 2.29 bits per heavy atom. The molecule has 2 aromatic rings. The lowest BCUT2D eigenvalue weighted by molar-refractivity contribution is -0.121. The van der Waals surface area contributed by atoms with Gasteiger partial charge in [-0.2, -0.15) is 5.26 Å². The molecular formula is C14H11Cl2N3O2. The summed E-state index contributed by atoms with van der Waals surface area (Å²) in [6, 6.07) is 12.4. The molecule has 0 unspecified atom stereocenters. The minimum atomic E-state index is -0.402. The fourth-order valence-electron chi connectivity index (χ4n) is 1.20. The number of aromatic nitrogens is 2. The molecule has 1 aromatic heterocycles. The lowest BCUT2D eigenvalue weighted by Crippen LogP contribution is -1.94. The highest BCUT2D eigenvalue weighted by molar-refractivity contribution is 6.44. The molecule has 0 aliphatic rings. The molecular weight excluding hydrogens is 313 g/mol. The van der Waals surface area contributed by atoms with Gasteiger partial charge in [-0.15, -0.1) is 33.4 Å². The van der Waals surface area contributed by atoms with Crippen molar-refractivity contribution in [1.29, 1.82) is 5.26 Å². The van der Waals surface area contributed by atoms with Gasteiger partial charge in [0.2, 0.25) is 5.88 Å². The van der Waals surface area contributed by atoms with Crippen LogP contribution in [0.4, 0.5) is 0 Å². The van der Waals surface area contributed by atoms with Crippen molar-refractivity contribution in [2.75, 3.05) is 0 Å². The molecule has 0 atom stereocenters. The monoisotopic (exact) mass is 323 g/mol. The number of alkyl halides is 2. The van der Waals surface area contributed by atoms with Gasteiger partial charge in [0.15, 0.2) is 5.69 Å². The minimum Gasteiger partial charge on any atom is -0.408 e. The predicted octanol–water partition coefficient (Wildman–Crippen LogP) is 3.35. The molecule has 0 aliphatic heterocycles. The molecule has 0 saturated heterocycles. The van der Waals surface area contributed by atoms with E-state index in [9.17, 15) is 4.79 Å². The van der Waals surface area contributed by atoms with Crippen molar-refractivity contribution in [3.05, 3.63) is 53.2 Å². The van der Waals surface area contributed by atoms with Gasteiger partial charge in [-0.1, -0.05) is 29.8 Å². The first-order chi connectivity index (χ1) is 10.1. The van der Waals surface area contributed by atoms with Gasteiger partial charge in [-0.3, -0.25) is 4.79 Å². The first-order valence-electron chi connectivity index (χ1n) is 5.75. The summed E-state index contributed by atoms with van der Waals surface area (Å²) >= 11 is 11.2. The molecule has 0 amide bonds. The van der Waals surface area contributed by atoms with Gasteiger partial charge < -0.3 is 4.74 Å². The van der Waals surface area contributed by atoms with Crippen molar-refractivity contribution in [3.8, 4) is 11.9 Å². The zero-order valence-corrected chi connectivity index (χ0v) is 12.5. The van der Waals surface area contributed by atoms with Crippen LogP contribution in [0.1, 0.15) is 21.7 Å². The molecule has 0 saturated carbocycles. The van der Waals surface area contributed by atoms with E-state index in [0.29, 0.717) is 0 Å². The molecule has 0 N–H and O–H groups in total. The summed E-state index contributed by atoms with van der Waals surface area (Å²) in [4.78, 5) is 9.37. The van der Waals surface area contributed by atoms with Crippen LogP contribution < -0.4 is 4.74 Å². The van der Waals surface area contributed by atoms with Gasteiger partial charge in [-0.25, -0.2) is 0 Å². The lowest BCUT2D eigenvalue weighted by Gasteiger charge is -1.99. The number of hydrogen-bond donors (Lipinski definition) is 0. The third kappa shape index (κ3) is 6.21. The van der Waals surface area contributed by atoms with Gasteiger partial charge in [0, 0.05) is 6.07 Å². The van der Waals surface area contributed by atoms with Crippen molar-refractivity contribution in [3.63, 3.8) is 0 Å². The van der Waals surface area contributed by atoms with Crippen molar-refractivity contribution < 1.29 is 9.53 Å². The summed E-state index contributed by atoms with van der Waals surface area (Å²) in [5, 5.41) is 15.1. The van der Waals surface area contributed by atoms with Crippen LogP contribution in [0.2, 0.25) is 0 Å². The molecule has 2 rings (SSSR count). The first kappa shape index (κ1) is 16.9. The molecule has 0 radical (unpaired) electrons. The van der Waals surface area contributed by atoms with E-state index in [1.165, 1.54) is 17.7 Å². The van der Waals surface area contributed by atoms with E-state index in [2.05, 4.69) is 14.9 Å². The second-order valence-electron chi connectivity index (χ2n) is 3.79. The lowest BCUT2D eigenvalue weighted by atomic mass is 10.2. The summed E-state index contributed by atoms with van der Waals surface area (Å²) in [6.45, 7) is 2.28. The standard InChI is InChI=1S/C8H8Cl2.C6H3N3O2/c1-6-2-4-7(5-3-6)8(9)10;7-3-5-1-2-6(9-8-5)11-4-10/h2-5,8H,1H3;1-2,4H. The minimum absolute atomic E-state index is 0.0824. The van der Waals surface area contributed by atoms with E-state index in [4.69, 9.17) is 28.5 Å². The maximum atomic E-state index is 9.77. The van der Waals surface area contributed by atoms with Gasteiger partial charge in [-0.05, 0) is 18.6 Å². The number of hydrogen-bond acceptors (Lipinski definition) is 5. The number of nitriles is 1. The smallest absolute Gasteiger partial charge is 0.299 e. The zero-order chi connectivity index (χ0) is 15.7. The molecule has 1 heterocycles. The Morgan fingerprint density at radius 1 is 1.19 bits per heavy atom. The second kappa shape index (κ2) is 8.90. The van der Waals surface area contributed by atoms with Gasteiger partial charge in [0.25, 0.3) is 6.47 Å². The Hall–Kier alpha value is -2.16. The molecule has 0 fully saturated rings. The molecule has 108 valence electrons. The van der Waals surface area contributed by atoms with E-state index in [-0.39, 0.29) is 18.0 Å². The largest absolute Gasteiger partial charge is 0.408 e. The number of halogens is 2. The number of nitrogens with zero attached hydrogens (tertiary/aromatic N) is 3. The third-order valence-corrected chi connectivity index (χ3v) is 2.76. The SMILES string of the molecule is Cc1ccc(C(Cl)Cl)cc1.N#Cc1ccc(OC=O)nn1. The van der Waals surface area contributed by atoms with Crippen LogP contribution in [0.3, 0.4) is 0 Å². The van der Waals surface area contributed by atoms with Crippen molar-refractivity contribution >= 4 is 29.7 Å². The van der Waals surface area contributed by atoms with Crippen LogP contribution in [-0.2, 0) is 4.79 Å². The number of aryl methyl sites for hydroxylation is 1. The van der Waals surface area contributed by atoms with Gasteiger partial charge in [0.1, 0.15) is 10.9 Å². The molecule has 0 spiro atoms. The quantitative estimate of drug-likeness (QED) is 0.639. The van der Waals surface area contributed by atoms with E-state index < -0.39 is 4.84 Å². The normalized spacial score (nSPS) is 9.29. The number of ether oxygens (including phenoxy) is 1. The highest BCUT2D eigenvalue weighted by Gasteiger charge is 2.00. The molecule has 7 heteroatoms. The van der Waals surface area contributed by atoms with E-state index in [0.717, 1.165) is 5.56 Å². The van der Waals surface area contributed by atoms with Gasteiger partial charge in [0.05, 0.1) is 0 Å². The maximum absolute atomic E-state index is 9.77. The number of carbonyl (C=O) groups is 1. The average molecular weight is 324 g/mol. The molecule has 0 bridgehead atoms. The van der Waals surface area contributed by atoms with Crippen LogP contribution in [0.25, 0.3) is 0 Å². The second-order valence-corrected chi connectivity index (χ2v) is 4.89. The van der Waals surface area contributed by atoms with E-state index in [1.807, 2.05) is 31.2 Å². The summed E-state index contributed by atoms with van der Waals surface area (Å²) in [5.74, 6) is 0.0824. The van der Waals surface area contributed by atoms with E-state index in [1.54, 1.807) is 6.07 Å². The average Bonchev–Trinajstić information content (AvgIpc) is 2.49. The Bertz CT molecular complexity index is 608. The van der Waals surface area contributed by atoms with Crippen molar-refractivity contribution in [1.82, 2.24) is 10.2 Å². The first-order valence-corrected chi connectivity index (χ1v) is 6.63. The van der Waals surface area contributed by atoms with Crippen LogP contribution >= 0.6 is 23.2 Å². The topological polar surface area (TPSA) is 75.9 Å². The highest BCUT2D eigenvalue weighted by atomic mass is 35.5.